The summed E-state index contributed by atoms with van der Waals surface area (Å²) in [6.45, 7) is 0. The Hall–Kier alpha value is -2.55. The quantitative estimate of drug-likeness (QED) is 0.898. The van der Waals surface area contributed by atoms with E-state index >= 15 is 0 Å². The van der Waals surface area contributed by atoms with E-state index in [1.165, 1.54) is 0 Å². The maximum Gasteiger partial charge on any atom is 0.337 e. The minimum Gasteiger partial charge on any atom is -0.478 e. The molecule has 110 valence electrons. The van der Waals surface area contributed by atoms with E-state index in [0.717, 1.165) is 30.6 Å². The highest BCUT2D eigenvalue weighted by Crippen LogP contribution is 2.19. The number of carboxylic acid groups (broad SMARTS) is 1. The Bertz CT molecular complexity index is 809. The number of nitrogens with zero attached hydrogens (tertiary/aromatic N) is 1. The Labute approximate surface area is 118 Å². The van der Waals surface area contributed by atoms with Crippen molar-refractivity contribution in [2.24, 2.45) is 0 Å². The first-order valence-corrected chi connectivity index (χ1v) is 6.94. The molecule has 21 heavy (non-hydrogen) atoms. The number of aromatic carboxylic acids is 1. The predicted octanol–water partition coefficient (Wildman–Crippen LogP) is 1.86. The highest BCUT2D eigenvalue weighted by Gasteiger charge is 2.20. The second kappa shape index (κ2) is 5.44. The van der Waals surface area contributed by atoms with Crippen LogP contribution >= 0.6 is 0 Å². The standard InChI is InChI=1S/C12H8F2N2O4S/c13-8-1-2-11(10(14)4-8)21(19,20)16-9-3-7(12(17)18)5-15-6-9/h1-6,16H,(H,17,18). The van der Waals surface area contributed by atoms with E-state index in [4.69, 9.17) is 5.11 Å². The van der Waals surface area contributed by atoms with Gasteiger partial charge in [0.25, 0.3) is 10.0 Å². The average molecular weight is 314 g/mol. The normalized spacial score (nSPS) is 11.1. The van der Waals surface area contributed by atoms with Gasteiger partial charge in [-0.05, 0) is 18.2 Å². The van der Waals surface area contributed by atoms with Gasteiger partial charge in [-0.1, -0.05) is 0 Å². The molecule has 2 aromatic rings. The Morgan fingerprint density at radius 2 is 1.90 bits per heavy atom. The fourth-order valence-corrected chi connectivity index (χ4v) is 2.61. The van der Waals surface area contributed by atoms with E-state index in [1.54, 1.807) is 0 Å². The molecular formula is C12H8F2N2O4S. The molecule has 0 aliphatic rings. The first kappa shape index (κ1) is 14.9. The van der Waals surface area contributed by atoms with Crippen molar-refractivity contribution in [1.82, 2.24) is 4.98 Å². The van der Waals surface area contributed by atoms with Gasteiger partial charge in [0.2, 0.25) is 0 Å². The van der Waals surface area contributed by atoms with Gasteiger partial charge in [-0.3, -0.25) is 9.71 Å². The first-order chi connectivity index (χ1) is 9.79. The lowest BCUT2D eigenvalue weighted by atomic mass is 10.3. The number of nitrogens with one attached hydrogen (secondary N) is 1. The third-order valence-electron chi connectivity index (χ3n) is 2.42. The molecule has 1 aromatic heterocycles. The molecule has 0 aliphatic heterocycles. The van der Waals surface area contributed by atoms with Crippen LogP contribution in [0.5, 0.6) is 0 Å². The van der Waals surface area contributed by atoms with Crippen molar-refractivity contribution in [2.75, 3.05) is 4.72 Å². The summed E-state index contributed by atoms with van der Waals surface area (Å²) < 4.78 is 52.2. The van der Waals surface area contributed by atoms with Crippen molar-refractivity contribution in [1.29, 1.82) is 0 Å². The minimum absolute atomic E-state index is 0.154. The summed E-state index contributed by atoms with van der Waals surface area (Å²) in [7, 11) is -4.33. The Balaban J connectivity index is 2.37. The van der Waals surface area contributed by atoms with Gasteiger partial charge in [-0.15, -0.1) is 0 Å². The van der Waals surface area contributed by atoms with E-state index in [-0.39, 0.29) is 11.3 Å². The number of rotatable bonds is 4. The molecule has 0 saturated carbocycles. The van der Waals surface area contributed by atoms with Gasteiger partial charge < -0.3 is 5.11 Å². The maximum absolute atomic E-state index is 13.5. The summed E-state index contributed by atoms with van der Waals surface area (Å²) in [5, 5.41) is 8.78. The summed E-state index contributed by atoms with van der Waals surface area (Å²) in [6, 6.07) is 3.01. The van der Waals surface area contributed by atoms with Gasteiger partial charge in [-0.25, -0.2) is 22.0 Å². The van der Waals surface area contributed by atoms with Crippen molar-refractivity contribution >= 4 is 21.7 Å². The van der Waals surface area contributed by atoms with Gasteiger partial charge in [0.05, 0.1) is 17.4 Å². The number of carbonyl (C=O) groups is 1. The molecule has 1 aromatic carbocycles. The molecule has 0 aliphatic carbocycles. The van der Waals surface area contributed by atoms with Crippen LogP contribution in [0, 0.1) is 11.6 Å². The van der Waals surface area contributed by atoms with Crippen molar-refractivity contribution < 1.29 is 27.1 Å². The Morgan fingerprint density at radius 1 is 1.19 bits per heavy atom. The van der Waals surface area contributed by atoms with Crippen LogP contribution in [-0.2, 0) is 10.0 Å². The summed E-state index contributed by atoms with van der Waals surface area (Å²) >= 11 is 0. The number of pyridine rings is 1. The van der Waals surface area contributed by atoms with Crippen molar-refractivity contribution in [2.45, 2.75) is 4.90 Å². The largest absolute Gasteiger partial charge is 0.478 e. The monoisotopic (exact) mass is 314 g/mol. The molecule has 0 radical (unpaired) electrons. The van der Waals surface area contributed by atoms with E-state index in [1.807, 2.05) is 4.72 Å². The summed E-state index contributed by atoms with van der Waals surface area (Å²) in [5.74, 6) is -3.47. The Kier molecular flexibility index (Phi) is 3.85. The van der Waals surface area contributed by atoms with E-state index < -0.39 is 32.5 Å². The second-order valence-electron chi connectivity index (χ2n) is 3.95. The minimum atomic E-state index is -4.33. The van der Waals surface area contributed by atoms with E-state index in [2.05, 4.69) is 4.98 Å². The molecule has 0 atom stereocenters. The SMILES string of the molecule is O=C(O)c1cncc(NS(=O)(=O)c2ccc(F)cc2F)c1. The highest BCUT2D eigenvalue weighted by atomic mass is 32.2. The Morgan fingerprint density at radius 3 is 2.52 bits per heavy atom. The zero-order valence-electron chi connectivity index (χ0n) is 10.2. The number of anilines is 1. The van der Waals surface area contributed by atoms with Gasteiger partial charge >= 0.3 is 5.97 Å². The number of benzene rings is 1. The number of halogens is 2. The van der Waals surface area contributed by atoms with Crippen molar-refractivity contribution in [3.05, 3.63) is 53.9 Å². The van der Waals surface area contributed by atoms with Gasteiger partial charge in [0, 0.05) is 12.3 Å². The number of sulfonamides is 1. The van der Waals surface area contributed by atoms with Crippen LogP contribution in [0.4, 0.5) is 14.5 Å². The predicted molar refractivity (Wildman–Crippen MR) is 68.4 cm³/mol. The van der Waals surface area contributed by atoms with Crippen LogP contribution in [0.25, 0.3) is 0 Å². The molecule has 0 amide bonds. The zero-order valence-corrected chi connectivity index (χ0v) is 11.1. The van der Waals surface area contributed by atoms with Crippen LogP contribution in [0.15, 0.2) is 41.6 Å². The summed E-state index contributed by atoms with van der Waals surface area (Å²) in [5.41, 5.74) is -0.395. The van der Waals surface area contributed by atoms with Gasteiger partial charge in [-0.2, -0.15) is 0 Å². The van der Waals surface area contributed by atoms with Crippen LogP contribution in [0.2, 0.25) is 0 Å². The van der Waals surface area contributed by atoms with E-state index in [9.17, 15) is 22.0 Å². The van der Waals surface area contributed by atoms with Crippen LogP contribution < -0.4 is 4.72 Å². The average Bonchev–Trinajstić information content (AvgIpc) is 2.37. The fraction of sp³-hybridized carbons (Fsp3) is 0. The number of aromatic nitrogens is 1. The van der Waals surface area contributed by atoms with Crippen LogP contribution in [0.3, 0.4) is 0 Å². The molecule has 9 heteroatoms. The molecule has 0 bridgehead atoms. The van der Waals surface area contributed by atoms with Gasteiger partial charge in [0.15, 0.2) is 0 Å². The van der Waals surface area contributed by atoms with E-state index in [0.29, 0.717) is 6.07 Å². The lowest BCUT2D eigenvalue weighted by Gasteiger charge is -2.09. The first-order valence-electron chi connectivity index (χ1n) is 5.46. The molecule has 1 heterocycles. The molecular weight excluding hydrogens is 306 g/mol. The number of hydrogen-bond acceptors (Lipinski definition) is 4. The lowest BCUT2D eigenvalue weighted by molar-refractivity contribution is 0.0696. The lowest BCUT2D eigenvalue weighted by Crippen LogP contribution is -2.15. The topological polar surface area (TPSA) is 96.4 Å². The summed E-state index contributed by atoms with van der Waals surface area (Å²) in [6.07, 6.45) is 2.09. The van der Waals surface area contributed by atoms with Gasteiger partial charge in [0.1, 0.15) is 16.5 Å². The third kappa shape index (κ3) is 3.31. The smallest absolute Gasteiger partial charge is 0.337 e. The molecule has 2 rings (SSSR count). The molecule has 0 fully saturated rings. The molecule has 0 unspecified atom stereocenters. The maximum atomic E-state index is 13.5. The summed E-state index contributed by atoms with van der Waals surface area (Å²) in [4.78, 5) is 13.6. The fourth-order valence-electron chi connectivity index (χ4n) is 1.52. The molecule has 0 spiro atoms. The molecule has 6 nitrogen and oxygen atoms in total. The highest BCUT2D eigenvalue weighted by molar-refractivity contribution is 7.92. The zero-order chi connectivity index (χ0) is 15.6. The third-order valence-corrected chi connectivity index (χ3v) is 3.84. The number of hydrogen-bond donors (Lipinski definition) is 2. The molecule has 2 N–H and O–H groups in total. The van der Waals surface area contributed by atoms with Crippen LogP contribution in [0.1, 0.15) is 10.4 Å². The van der Waals surface area contributed by atoms with Crippen LogP contribution in [-0.4, -0.2) is 24.5 Å². The van der Waals surface area contributed by atoms with Crippen molar-refractivity contribution in [3.63, 3.8) is 0 Å². The van der Waals surface area contributed by atoms with Crippen molar-refractivity contribution in [3.8, 4) is 0 Å². The number of carboxylic acids is 1. The second-order valence-corrected chi connectivity index (χ2v) is 5.60. The molecule has 0 saturated heterocycles.